The van der Waals surface area contributed by atoms with Crippen LogP contribution in [0, 0.1) is 10.1 Å². The molecule has 0 fully saturated rings. The molecule has 0 atom stereocenters. The zero-order valence-corrected chi connectivity index (χ0v) is 15.8. The van der Waals surface area contributed by atoms with E-state index in [1.807, 2.05) is 0 Å². The molecule has 26 heavy (non-hydrogen) atoms. The number of rotatable bonds is 7. The van der Waals surface area contributed by atoms with E-state index in [9.17, 15) is 19.7 Å². The van der Waals surface area contributed by atoms with Gasteiger partial charge in [0.05, 0.1) is 30.1 Å². The third-order valence-corrected chi connectivity index (χ3v) is 4.02. The van der Waals surface area contributed by atoms with Gasteiger partial charge >= 0.3 is 11.9 Å². The van der Waals surface area contributed by atoms with Gasteiger partial charge in [-0.05, 0) is 26.0 Å². The highest BCUT2D eigenvalue weighted by atomic mass is 79.9. The lowest BCUT2D eigenvalue weighted by atomic mass is 10.1. The van der Waals surface area contributed by atoms with E-state index in [1.165, 1.54) is 0 Å². The van der Waals surface area contributed by atoms with Crippen molar-refractivity contribution in [2.24, 2.45) is 0 Å². The van der Waals surface area contributed by atoms with Gasteiger partial charge in [-0.15, -0.1) is 0 Å². The van der Waals surface area contributed by atoms with Gasteiger partial charge in [0.2, 0.25) is 0 Å². The highest BCUT2D eigenvalue weighted by Gasteiger charge is 2.33. The van der Waals surface area contributed by atoms with Crippen molar-refractivity contribution in [1.29, 1.82) is 0 Å². The fourth-order valence-electron chi connectivity index (χ4n) is 2.46. The Labute approximate surface area is 157 Å². The maximum atomic E-state index is 12.2. The molecular formula is C17H17BrN2O6. The maximum Gasteiger partial charge on any atom is 0.355 e. The number of nitro groups is 1. The second-order valence-electron chi connectivity index (χ2n) is 5.17. The van der Waals surface area contributed by atoms with Crippen LogP contribution in [-0.4, -0.2) is 35.1 Å². The largest absolute Gasteiger partial charge is 0.466 e. The summed E-state index contributed by atoms with van der Waals surface area (Å²) < 4.78 is 10.6. The van der Waals surface area contributed by atoms with Crippen LogP contribution in [0.3, 0.4) is 0 Å². The summed E-state index contributed by atoms with van der Waals surface area (Å²) in [6.45, 7) is 3.47. The van der Waals surface area contributed by atoms with E-state index >= 15 is 0 Å². The second kappa shape index (κ2) is 8.61. The SMILES string of the molecule is CCOC(=O)Cc1c(C(=O)OCC)[nH]c(-c2ccc(Br)cc2)c1[N+](=O)[O-]. The van der Waals surface area contributed by atoms with Gasteiger partial charge in [-0.25, -0.2) is 4.79 Å². The van der Waals surface area contributed by atoms with Crippen molar-refractivity contribution in [2.45, 2.75) is 20.3 Å². The summed E-state index contributed by atoms with van der Waals surface area (Å²) in [5.41, 5.74) is 0.114. The summed E-state index contributed by atoms with van der Waals surface area (Å²) in [5.74, 6) is -1.43. The molecule has 0 aliphatic rings. The molecule has 0 unspecified atom stereocenters. The van der Waals surface area contributed by atoms with Crippen LogP contribution in [0.15, 0.2) is 28.7 Å². The fourth-order valence-corrected chi connectivity index (χ4v) is 2.73. The number of H-pyrrole nitrogens is 1. The molecule has 0 bridgehead atoms. The summed E-state index contributed by atoms with van der Waals surface area (Å²) in [7, 11) is 0. The Bertz CT molecular complexity index is 829. The molecule has 1 N–H and O–H groups in total. The quantitative estimate of drug-likeness (QED) is 0.412. The molecule has 0 saturated carbocycles. The Kier molecular flexibility index (Phi) is 6.51. The predicted octanol–water partition coefficient (Wildman–Crippen LogP) is 3.63. The zero-order chi connectivity index (χ0) is 19.3. The third kappa shape index (κ3) is 4.29. The van der Waals surface area contributed by atoms with E-state index < -0.39 is 23.3 Å². The Morgan fingerprint density at radius 1 is 1.15 bits per heavy atom. The molecule has 0 radical (unpaired) electrons. The second-order valence-corrected chi connectivity index (χ2v) is 6.08. The van der Waals surface area contributed by atoms with Crippen molar-refractivity contribution >= 4 is 33.6 Å². The van der Waals surface area contributed by atoms with Crippen LogP contribution >= 0.6 is 15.9 Å². The van der Waals surface area contributed by atoms with Crippen LogP contribution in [0.25, 0.3) is 11.3 Å². The molecular weight excluding hydrogens is 408 g/mol. The Morgan fingerprint density at radius 3 is 2.31 bits per heavy atom. The number of carbonyl (C=O) groups is 2. The number of aromatic nitrogens is 1. The monoisotopic (exact) mass is 424 g/mol. The van der Waals surface area contributed by atoms with Crippen LogP contribution < -0.4 is 0 Å². The first kappa shape index (κ1) is 19.6. The Balaban J connectivity index is 2.64. The molecule has 0 aliphatic heterocycles. The summed E-state index contributed by atoms with van der Waals surface area (Å²) in [6, 6.07) is 6.75. The molecule has 2 aromatic rings. The lowest BCUT2D eigenvalue weighted by Crippen LogP contribution is -2.13. The molecule has 0 amide bonds. The molecule has 9 heteroatoms. The molecule has 138 valence electrons. The molecule has 2 rings (SSSR count). The summed E-state index contributed by atoms with van der Waals surface area (Å²) >= 11 is 3.30. The topological polar surface area (TPSA) is 112 Å². The summed E-state index contributed by atoms with van der Waals surface area (Å²) in [4.78, 5) is 38.0. The van der Waals surface area contributed by atoms with Gasteiger partial charge in [-0.2, -0.15) is 0 Å². The highest BCUT2D eigenvalue weighted by molar-refractivity contribution is 9.10. The minimum atomic E-state index is -0.765. The molecule has 0 spiro atoms. The number of aromatic amines is 1. The Morgan fingerprint density at radius 2 is 1.77 bits per heavy atom. The van der Waals surface area contributed by atoms with Crippen LogP contribution in [0.5, 0.6) is 0 Å². The first-order chi connectivity index (χ1) is 12.4. The number of hydrogen-bond acceptors (Lipinski definition) is 6. The highest BCUT2D eigenvalue weighted by Crippen LogP contribution is 2.36. The predicted molar refractivity (Wildman–Crippen MR) is 96.9 cm³/mol. The summed E-state index contributed by atoms with van der Waals surface area (Å²) in [5, 5.41) is 11.7. The number of nitrogens with zero attached hydrogens (tertiary/aromatic N) is 1. The van der Waals surface area contributed by atoms with Gasteiger partial charge in [0.1, 0.15) is 11.4 Å². The van der Waals surface area contributed by atoms with Gasteiger partial charge in [-0.3, -0.25) is 14.9 Å². The zero-order valence-electron chi connectivity index (χ0n) is 14.2. The first-order valence-electron chi connectivity index (χ1n) is 7.86. The molecule has 1 heterocycles. The van der Waals surface area contributed by atoms with Crippen LogP contribution in [0.1, 0.15) is 29.9 Å². The van der Waals surface area contributed by atoms with Gasteiger partial charge < -0.3 is 14.5 Å². The van der Waals surface area contributed by atoms with Crippen molar-refractivity contribution in [3.8, 4) is 11.3 Å². The number of benzene rings is 1. The molecule has 1 aromatic carbocycles. The molecule has 1 aromatic heterocycles. The van der Waals surface area contributed by atoms with Crippen molar-refractivity contribution in [1.82, 2.24) is 4.98 Å². The van der Waals surface area contributed by atoms with Gasteiger partial charge in [0, 0.05) is 10.0 Å². The van der Waals surface area contributed by atoms with E-state index in [-0.39, 0.29) is 35.9 Å². The van der Waals surface area contributed by atoms with Crippen LogP contribution in [0.4, 0.5) is 5.69 Å². The van der Waals surface area contributed by atoms with Crippen molar-refractivity contribution in [3.63, 3.8) is 0 Å². The van der Waals surface area contributed by atoms with Crippen LogP contribution in [-0.2, 0) is 20.7 Å². The number of esters is 2. The average molecular weight is 425 g/mol. The lowest BCUT2D eigenvalue weighted by Gasteiger charge is -2.04. The number of ether oxygens (including phenoxy) is 2. The van der Waals surface area contributed by atoms with Crippen molar-refractivity contribution in [3.05, 3.63) is 50.1 Å². The number of nitrogens with one attached hydrogen (secondary N) is 1. The Hall–Kier alpha value is -2.68. The lowest BCUT2D eigenvalue weighted by molar-refractivity contribution is -0.384. The molecule has 0 aliphatic carbocycles. The minimum absolute atomic E-state index is 0.0511. The van der Waals surface area contributed by atoms with Gasteiger partial charge in [0.25, 0.3) is 5.69 Å². The van der Waals surface area contributed by atoms with E-state index in [2.05, 4.69) is 20.9 Å². The summed E-state index contributed by atoms with van der Waals surface area (Å²) in [6.07, 6.45) is -0.411. The maximum absolute atomic E-state index is 12.2. The van der Waals surface area contributed by atoms with Gasteiger partial charge in [-0.1, -0.05) is 28.1 Å². The smallest absolute Gasteiger partial charge is 0.355 e. The molecule has 0 saturated heterocycles. The van der Waals surface area contributed by atoms with Crippen molar-refractivity contribution < 1.29 is 24.0 Å². The van der Waals surface area contributed by atoms with E-state index in [4.69, 9.17) is 9.47 Å². The number of carbonyl (C=O) groups excluding carboxylic acids is 2. The minimum Gasteiger partial charge on any atom is -0.466 e. The van der Waals surface area contributed by atoms with Gasteiger partial charge in [0.15, 0.2) is 0 Å². The van der Waals surface area contributed by atoms with E-state index in [1.54, 1.807) is 38.1 Å². The first-order valence-corrected chi connectivity index (χ1v) is 8.66. The van der Waals surface area contributed by atoms with Crippen molar-refractivity contribution in [2.75, 3.05) is 13.2 Å². The normalized spacial score (nSPS) is 10.4. The third-order valence-electron chi connectivity index (χ3n) is 3.50. The van der Waals surface area contributed by atoms with Crippen LogP contribution in [0.2, 0.25) is 0 Å². The van der Waals surface area contributed by atoms with E-state index in [0.29, 0.717) is 5.56 Å². The fraction of sp³-hybridized carbons (Fsp3) is 0.294. The van der Waals surface area contributed by atoms with E-state index in [0.717, 1.165) is 4.47 Å². The number of halogens is 1. The molecule has 8 nitrogen and oxygen atoms in total. The number of hydrogen-bond donors (Lipinski definition) is 1. The standard InChI is InChI=1S/C17H17BrN2O6/c1-3-25-13(21)9-12-15(17(22)26-4-2)19-14(16(12)20(23)24)10-5-7-11(18)8-6-10/h5-8,19H,3-4,9H2,1-2H3. The average Bonchev–Trinajstić information content (AvgIpc) is 2.95.